The Morgan fingerprint density at radius 3 is 2.71 bits per heavy atom. The lowest BCUT2D eigenvalue weighted by molar-refractivity contribution is -0.121. The predicted octanol–water partition coefficient (Wildman–Crippen LogP) is 5.44. The number of thiazole rings is 1. The molecule has 1 aliphatic carbocycles. The summed E-state index contributed by atoms with van der Waals surface area (Å²) in [5, 5.41) is 3.72. The average molecular weight is 414 g/mol. The number of rotatable bonds is 7. The SMILES string of the molecule is CCc1cnc(CSc2cnc(NC(=O)C3(c4ccccc4)CCCC3)s2)o1. The molecule has 1 fully saturated rings. The van der Waals surface area contributed by atoms with Gasteiger partial charge in [-0.1, -0.05) is 61.4 Å². The Bertz CT molecular complexity index is 930. The van der Waals surface area contributed by atoms with Crippen LogP contribution < -0.4 is 5.32 Å². The van der Waals surface area contributed by atoms with Crippen LogP contribution in [0.4, 0.5) is 5.13 Å². The van der Waals surface area contributed by atoms with Crippen LogP contribution in [0.5, 0.6) is 0 Å². The van der Waals surface area contributed by atoms with Crippen molar-refractivity contribution >= 4 is 34.1 Å². The van der Waals surface area contributed by atoms with E-state index in [1.807, 2.05) is 25.1 Å². The Kier molecular flexibility index (Phi) is 5.82. The molecule has 1 aromatic carbocycles. The molecule has 7 heteroatoms. The molecule has 0 aliphatic heterocycles. The summed E-state index contributed by atoms with van der Waals surface area (Å²) < 4.78 is 6.67. The van der Waals surface area contributed by atoms with Crippen molar-refractivity contribution in [2.75, 3.05) is 5.32 Å². The van der Waals surface area contributed by atoms with Gasteiger partial charge in [0.15, 0.2) is 5.13 Å². The van der Waals surface area contributed by atoms with Crippen molar-refractivity contribution in [2.45, 2.75) is 54.4 Å². The number of thioether (sulfide) groups is 1. The topological polar surface area (TPSA) is 68.0 Å². The van der Waals surface area contributed by atoms with Gasteiger partial charge in [0.1, 0.15) is 5.76 Å². The lowest BCUT2D eigenvalue weighted by atomic mass is 9.78. The zero-order valence-electron chi connectivity index (χ0n) is 15.8. The van der Waals surface area contributed by atoms with E-state index in [1.54, 1.807) is 24.2 Å². The standard InChI is InChI=1S/C21H23N3O2S2/c1-2-16-12-22-17(26-16)14-27-18-13-23-20(28-18)24-19(25)21(10-6-7-11-21)15-8-4-3-5-9-15/h3-5,8-9,12-13H,2,6-7,10-11,14H2,1H3,(H,23,24,25). The van der Waals surface area contributed by atoms with Crippen LogP contribution >= 0.6 is 23.1 Å². The number of anilines is 1. The van der Waals surface area contributed by atoms with Gasteiger partial charge in [0.25, 0.3) is 0 Å². The van der Waals surface area contributed by atoms with E-state index in [-0.39, 0.29) is 5.91 Å². The van der Waals surface area contributed by atoms with Crippen molar-refractivity contribution < 1.29 is 9.21 Å². The average Bonchev–Trinajstić information content (AvgIpc) is 3.48. The smallest absolute Gasteiger partial charge is 0.236 e. The molecule has 0 bridgehead atoms. The van der Waals surface area contributed by atoms with Crippen LogP contribution in [0.3, 0.4) is 0 Å². The highest BCUT2D eigenvalue weighted by molar-refractivity contribution is 8.00. The van der Waals surface area contributed by atoms with Gasteiger partial charge in [0.05, 0.1) is 27.8 Å². The highest BCUT2D eigenvalue weighted by Crippen LogP contribution is 2.42. The first-order chi connectivity index (χ1) is 13.7. The molecule has 1 N–H and O–H groups in total. The van der Waals surface area contributed by atoms with Crippen LogP contribution in [0.25, 0.3) is 0 Å². The molecule has 0 spiro atoms. The van der Waals surface area contributed by atoms with Gasteiger partial charge in [-0.3, -0.25) is 4.79 Å². The second kappa shape index (κ2) is 8.49. The molecule has 146 valence electrons. The molecule has 28 heavy (non-hydrogen) atoms. The van der Waals surface area contributed by atoms with Gasteiger partial charge in [-0.2, -0.15) is 0 Å². The van der Waals surface area contributed by atoms with Crippen molar-refractivity contribution in [2.24, 2.45) is 0 Å². The van der Waals surface area contributed by atoms with Gasteiger partial charge in [0, 0.05) is 6.42 Å². The Balaban J connectivity index is 1.42. The van der Waals surface area contributed by atoms with E-state index in [1.165, 1.54) is 11.3 Å². The van der Waals surface area contributed by atoms with E-state index < -0.39 is 5.41 Å². The van der Waals surface area contributed by atoms with E-state index in [2.05, 4.69) is 27.4 Å². The van der Waals surface area contributed by atoms with E-state index in [0.29, 0.717) is 10.9 Å². The lowest BCUT2D eigenvalue weighted by Crippen LogP contribution is -2.37. The number of nitrogens with one attached hydrogen (secondary N) is 1. The highest BCUT2D eigenvalue weighted by Gasteiger charge is 2.42. The second-order valence-electron chi connectivity index (χ2n) is 6.96. The minimum absolute atomic E-state index is 0.0578. The molecular formula is C21H23N3O2S2. The molecule has 5 nitrogen and oxygen atoms in total. The van der Waals surface area contributed by atoms with Gasteiger partial charge in [-0.05, 0) is 18.4 Å². The van der Waals surface area contributed by atoms with Crippen LogP contribution in [0.2, 0.25) is 0 Å². The Morgan fingerprint density at radius 2 is 2.00 bits per heavy atom. The van der Waals surface area contributed by atoms with Crippen molar-refractivity contribution in [3.63, 3.8) is 0 Å². The number of benzene rings is 1. The quantitative estimate of drug-likeness (QED) is 0.523. The van der Waals surface area contributed by atoms with Gasteiger partial charge < -0.3 is 9.73 Å². The largest absolute Gasteiger partial charge is 0.445 e. The Labute approximate surface area is 173 Å². The first-order valence-corrected chi connectivity index (χ1v) is 11.4. The number of hydrogen-bond acceptors (Lipinski definition) is 6. The number of carbonyl (C=O) groups excluding carboxylic acids is 1. The molecule has 2 aromatic heterocycles. The van der Waals surface area contributed by atoms with Gasteiger partial charge >= 0.3 is 0 Å². The summed E-state index contributed by atoms with van der Waals surface area (Å²) in [4.78, 5) is 21.9. The van der Waals surface area contributed by atoms with Crippen LogP contribution in [0.1, 0.15) is 49.8 Å². The van der Waals surface area contributed by atoms with E-state index in [9.17, 15) is 4.79 Å². The summed E-state index contributed by atoms with van der Waals surface area (Å²) in [6, 6.07) is 10.1. The minimum Gasteiger partial charge on any atom is -0.445 e. The zero-order chi connectivity index (χ0) is 19.4. The zero-order valence-corrected chi connectivity index (χ0v) is 17.4. The maximum atomic E-state index is 13.2. The summed E-state index contributed by atoms with van der Waals surface area (Å²) in [7, 11) is 0. The second-order valence-corrected chi connectivity index (χ2v) is 9.26. The summed E-state index contributed by atoms with van der Waals surface area (Å²) in [5.74, 6) is 2.33. The minimum atomic E-state index is -0.436. The maximum absolute atomic E-state index is 13.2. The van der Waals surface area contributed by atoms with Crippen molar-refractivity contribution in [3.8, 4) is 0 Å². The van der Waals surface area contributed by atoms with Gasteiger partial charge in [0.2, 0.25) is 11.8 Å². The summed E-state index contributed by atoms with van der Waals surface area (Å²) in [6.07, 6.45) is 8.36. The van der Waals surface area contributed by atoms with E-state index in [0.717, 1.165) is 53.5 Å². The van der Waals surface area contributed by atoms with E-state index >= 15 is 0 Å². The molecule has 0 saturated heterocycles. The molecule has 0 atom stereocenters. The molecule has 1 saturated carbocycles. The van der Waals surface area contributed by atoms with Gasteiger partial charge in [-0.25, -0.2) is 9.97 Å². The number of carbonyl (C=O) groups is 1. The van der Waals surface area contributed by atoms with Crippen LogP contribution in [0.15, 0.2) is 51.4 Å². The molecule has 0 radical (unpaired) electrons. The van der Waals surface area contributed by atoms with Crippen molar-refractivity contribution in [3.05, 3.63) is 59.9 Å². The molecule has 4 rings (SSSR count). The number of amides is 1. The molecule has 2 heterocycles. The third-order valence-electron chi connectivity index (χ3n) is 5.21. The number of aryl methyl sites for hydroxylation is 1. The number of aromatic nitrogens is 2. The molecule has 0 unspecified atom stereocenters. The highest BCUT2D eigenvalue weighted by atomic mass is 32.2. The third kappa shape index (κ3) is 4.00. The molecule has 1 amide bonds. The summed E-state index contributed by atoms with van der Waals surface area (Å²) in [5.41, 5.74) is 0.668. The van der Waals surface area contributed by atoms with Crippen LogP contribution in [-0.2, 0) is 22.4 Å². The normalized spacial score (nSPS) is 15.6. The lowest BCUT2D eigenvalue weighted by Gasteiger charge is -2.27. The predicted molar refractivity (Wildman–Crippen MR) is 113 cm³/mol. The first kappa shape index (κ1) is 19.2. The van der Waals surface area contributed by atoms with Crippen LogP contribution in [-0.4, -0.2) is 15.9 Å². The van der Waals surface area contributed by atoms with Gasteiger partial charge in [-0.15, -0.1) is 11.8 Å². The fourth-order valence-electron chi connectivity index (χ4n) is 3.69. The molecule has 3 aromatic rings. The Hall–Kier alpha value is -2.12. The fraction of sp³-hybridized carbons (Fsp3) is 0.381. The van der Waals surface area contributed by atoms with E-state index in [4.69, 9.17) is 4.42 Å². The molecule has 1 aliphatic rings. The van der Waals surface area contributed by atoms with Crippen molar-refractivity contribution in [1.82, 2.24) is 9.97 Å². The maximum Gasteiger partial charge on any atom is 0.236 e. The Morgan fingerprint density at radius 1 is 1.21 bits per heavy atom. The van der Waals surface area contributed by atoms with Crippen LogP contribution in [0, 0.1) is 0 Å². The first-order valence-electron chi connectivity index (χ1n) is 9.59. The number of oxazole rings is 1. The third-order valence-corrected chi connectivity index (χ3v) is 7.30. The summed E-state index contributed by atoms with van der Waals surface area (Å²) in [6.45, 7) is 2.04. The fourth-order valence-corrected chi connectivity index (χ4v) is 5.42. The molecular weight excluding hydrogens is 390 g/mol. The number of nitrogens with zero attached hydrogens (tertiary/aromatic N) is 2. The van der Waals surface area contributed by atoms with Crippen molar-refractivity contribution in [1.29, 1.82) is 0 Å². The number of hydrogen-bond donors (Lipinski definition) is 1. The monoisotopic (exact) mass is 413 g/mol. The summed E-state index contributed by atoms with van der Waals surface area (Å²) >= 11 is 3.12.